The highest BCUT2D eigenvalue weighted by Gasteiger charge is 2.79. The minimum Gasteiger partial charge on any atom is -0.481 e. The standard InChI is InChI=1S/C20H26O5/c1-11-8-19-9-20(11,24)7-4-12(19)18-6-3-5-17(2,16(23)25-10-18)14(18)13(19)15(21)22/h12-14,24H,1,3-10H2,2H3,(H,21,22)/t12?,13-,14?,17?,18-,19+,20+/m1/s1. The number of carbonyl (C=O) groups excluding carboxylic acids is 1. The highest BCUT2D eigenvalue weighted by atomic mass is 16.5. The van der Waals surface area contributed by atoms with Crippen LogP contribution < -0.4 is 0 Å². The van der Waals surface area contributed by atoms with Gasteiger partial charge in [-0.2, -0.15) is 0 Å². The fraction of sp³-hybridized carbons (Fsp3) is 0.800. The minimum absolute atomic E-state index is 0.189. The van der Waals surface area contributed by atoms with Gasteiger partial charge in [0.1, 0.15) is 0 Å². The van der Waals surface area contributed by atoms with Gasteiger partial charge in [0.25, 0.3) is 0 Å². The summed E-state index contributed by atoms with van der Waals surface area (Å²) in [6.45, 7) is 6.39. The maximum Gasteiger partial charge on any atom is 0.312 e. The van der Waals surface area contributed by atoms with Crippen LogP contribution in [0.4, 0.5) is 0 Å². The molecule has 7 atom stereocenters. The molecule has 3 unspecified atom stereocenters. The predicted molar refractivity (Wildman–Crippen MR) is 88.4 cm³/mol. The number of carboxylic acid groups (broad SMARTS) is 1. The Labute approximate surface area is 147 Å². The minimum atomic E-state index is -0.922. The lowest BCUT2D eigenvalue weighted by atomic mass is 9.51. The number of esters is 1. The number of aliphatic carboxylic acids is 1. The molecule has 4 aliphatic carbocycles. The highest BCUT2D eigenvalue weighted by Crippen LogP contribution is 2.79. The van der Waals surface area contributed by atoms with Gasteiger partial charge in [-0.05, 0) is 68.3 Å². The van der Waals surface area contributed by atoms with Crippen LogP contribution in [0.25, 0.3) is 0 Å². The Balaban J connectivity index is 1.76. The first-order chi connectivity index (χ1) is 11.7. The van der Waals surface area contributed by atoms with Gasteiger partial charge in [0.2, 0.25) is 0 Å². The molecule has 25 heavy (non-hydrogen) atoms. The molecular weight excluding hydrogens is 320 g/mol. The molecule has 5 aliphatic rings. The molecule has 0 aromatic carbocycles. The van der Waals surface area contributed by atoms with Gasteiger partial charge < -0.3 is 14.9 Å². The van der Waals surface area contributed by atoms with Gasteiger partial charge in [-0.3, -0.25) is 9.59 Å². The van der Waals surface area contributed by atoms with Gasteiger partial charge in [0.15, 0.2) is 0 Å². The lowest BCUT2D eigenvalue weighted by molar-refractivity contribution is -0.200. The SMILES string of the molecule is C=C1C[C@]23C[C@@]1(O)CCC2[C@@]12CCCC(C)(C(=O)OC1)C2[C@@H]3C(=O)O. The molecule has 1 aliphatic heterocycles. The Morgan fingerprint density at radius 3 is 2.76 bits per heavy atom. The second-order valence-corrected chi connectivity index (χ2v) is 9.69. The van der Waals surface area contributed by atoms with Crippen molar-refractivity contribution in [2.24, 2.45) is 34.0 Å². The van der Waals surface area contributed by atoms with E-state index in [0.29, 0.717) is 32.3 Å². The van der Waals surface area contributed by atoms with Crippen molar-refractivity contribution < 1.29 is 24.5 Å². The third-order valence-electron chi connectivity index (χ3n) is 8.86. The summed E-state index contributed by atoms with van der Waals surface area (Å²) in [6, 6.07) is 0. The Kier molecular flexibility index (Phi) is 2.73. The molecule has 5 rings (SSSR count). The summed E-state index contributed by atoms with van der Waals surface area (Å²) < 4.78 is 5.67. The van der Waals surface area contributed by atoms with E-state index in [-0.39, 0.29) is 23.2 Å². The monoisotopic (exact) mass is 346 g/mol. The fourth-order valence-corrected chi connectivity index (χ4v) is 8.17. The van der Waals surface area contributed by atoms with Crippen LogP contribution in [0, 0.1) is 34.0 Å². The molecule has 5 heteroatoms. The van der Waals surface area contributed by atoms with Crippen LogP contribution in [0.15, 0.2) is 12.2 Å². The van der Waals surface area contributed by atoms with Crippen molar-refractivity contribution in [1.29, 1.82) is 0 Å². The maximum atomic E-state index is 12.7. The normalized spacial score (nSPS) is 56.2. The van der Waals surface area contributed by atoms with Crippen LogP contribution in [0.1, 0.15) is 51.9 Å². The predicted octanol–water partition coefficient (Wildman–Crippen LogP) is 2.53. The molecule has 0 aromatic rings. The van der Waals surface area contributed by atoms with Crippen molar-refractivity contribution in [2.45, 2.75) is 57.5 Å². The summed E-state index contributed by atoms with van der Waals surface area (Å²) in [5, 5.41) is 21.3. The summed E-state index contributed by atoms with van der Waals surface area (Å²) in [4.78, 5) is 25.2. The van der Waals surface area contributed by atoms with Gasteiger partial charge >= 0.3 is 11.9 Å². The second-order valence-electron chi connectivity index (χ2n) is 9.69. The number of cyclic esters (lactones) is 1. The van der Waals surface area contributed by atoms with Crippen LogP contribution in [0.2, 0.25) is 0 Å². The lowest BCUT2D eigenvalue weighted by Gasteiger charge is -2.55. The fourth-order valence-electron chi connectivity index (χ4n) is 8.17. The van der Waals surface area contributed by atoms with Crippen molar-refractivity contribution in [3.05, 3.63) is 12.2 Å². The molecule has 0 radical (unpaired) electrons. The first-order valence-electron chi connectivity index (χ1n) is 9.50. The molecule has 5 fully saturated rings. The Bertz CT molecular complexity index is 715. The van der Waals surface area contributed by atoms with Gasteiger partial charge in [-0.15, -0.1) is 0 Å². The molecule has 2 N–H and O–H groups in total. The second kappa shape index (κ2) is 4.30. The summed E-state index contributed by atoms with van der Waals surface area (Å²) in [5.74, 6) is -1.62. The zero-order chi connectivity index (χ0) is 17.8. The zero-order valence-electron chi connectivity index (χ0n) is 14.7. The number of carbonyl (C=O) groups is 2. The summed E-state index contributed by atoms with van der Waals surface area (Å²) in [6.07, 6.45) is 5.12. The Morgan fingerprint density at radius 2 is 2.04 bits per heavy atom. The summed E-state index contributed by atoms with van der Waals surface area (Å²) in [5.41, 5.74) is -1.55. The van der Waals surface area contributed by atoms with E-state index >= 15 is 0 Å². The molecule has 5 nitrogen and oxygen atoms in total. The Morgan fingerprint density at radius 1 is 1.28 bits per heavy atom. The van der Waals surface area contributed by atoms with Crippen molar-refractivity contribution in [3.63, 3.8) is 0 Å². The van der Waals surface area contributed by atoms with Crippen LogP contribution in [0.5, 0.6) is 0 Å². The van der Waals surface area contributed by atoms with Crippen molar-refractivity contribution in [3.8, 4) is 0 Å². The van der Waals surface area contributed by atoms with Gasteiger partial charge in [0, 0.05) is 5.41 Å². The third-order valence-corrected chi connectivity index (χ3v) is 8.86. The summed E-state index contributed by atoms with van der Waals surface area (Å²) in [7, 11) is 0. The average Bonchev–Trinajstić information content (AvgIpc) is 2.90. The quantitative estimate of drug-likeness (QED) is 0.563. The molecule has 136 valence electrons. The molecule has 1 saturated heterocycles. The lowest BCUT2D eigenvalue weighted by Crippen LogP contribution is -2.58. The molecule has 4 saturated carbocycles. The van der Waals surface area contributed by atoms with E-state index in [0.717, 1.165) is 24.8 Å². The van der Waals surface area contributed by atoms with Gasteiger partial charge in [-0.1, -0.05) is 13.0 Å². The van der Waals surface area contributed by atoms with Crippen LogP contribution >= 0.6 is 0 Å². The van der Waals surface area contributed by atoms with Crippen molar-refractivity contribution >= 4 is 11.9 Å². The van der Waals surface area contributed by atoms with Crippen molar-refractivity contribution in [1.82, 2.24) is 0 Å². The van der Waals surface area contributed by atoms with E-state index < -0.39 is 28.3 Å². The molecule has 0 aromatic heterocycles. The number of hydrogen-bond acceptors (Lipinski definition) is 4. The van der Waals surface area contributed by atoms with Crippen LogP contribution in [0.3, 0.4) is 0 Å². The first-order valence-corrected chi connectivity index (χ1v) is 9.50. The number of rotatable bonds is 1. The highest BCUT2D eigenvalue weighted by molar-refractivity contribution is 5.82. The number of ether oxygens (including phenoxy) is 1. The molecular formula is C20H26O5. The zero-order valence-corrected chi connectivity index (χ0v) is 14.7. The smallest absolute Gasteiger partial charge is 0.312 e. The van der Waals surface area contributed by atoms with E-state index in [9.17, 15) is 19.8 Å². The van der Waals surface area contributed by atoms with Crippen LogP contribution in [-0.2, 0) is 14.3 Å². The number of hydrogen-bond donors (Lipinski definition) is 2. The van der Waals surface area contributed by atoms with E-state index in [1.54, 1.807) is 0 Å². The number of fused-ring (bicyclic) bond motifs is 1. The van der Waals surface area contributed by atoms with E-state index in [4.69, 9.17) is 4.74 Å². The molecule has 1 spiro atoms. The Hall–Kier alpha value is -1.36. The topological polar surface area (TPSA) is 83.8 Å². The number of aliphatic hydroxyl groups is 1. The maximum absolute atomic E-state index is 12.7. The van der Waals surface area contributed by atoms with Crippen LogP contribution in [-0.4, -0.2) is 34.4 Å². The van der Waals surface area contributed by atoms with E-state index in [1.807, 2.05) is 6.92 Å². The van der Waals surface area contributed by atoms with Crippen molar-refractivity contribution in [2.75, 3.05) is 6.61 Å². The number of carboxylic acids is 1. The average molecular weight is 346 g/mol. The van der Waals surface area contributed by atoms with E-state index in [2.05, 4.69) is 6.58 Å². The molecule has 1 heterocycles. The van der Waals surface area contributed by atoms with E-state index in [1.165, 1.54) is 0 Å². The molecule has 0 amide bonds. The van der Waals surface area contributed by atoms with Gasteiger partial charge in [-0.25, -0.2) is 0 Å². The first kappa shape index (κ1) is 15.9. The third kappa shape index (κ3) is 1.52. The van der Waals surface area contributed by atoms with Gasteiger partial charge in [0.05, 0.1) is 23.5 Å². The largest absolute Gasteiger partial charge is 0.481 e. The summed E-state index contributed by atoms with van der Waals surface area (Å²) >= 11 is 0. The molecule has 4 bridgehead atoms.